The molecule has 2 amide bonds. The van der Waals surface area contributed by atoms with Gasteiger partial charge in [-0.15, -0.1) is 0 Å². The second kappa shape index (κ2) is 11.6. The van der Waals surface area contributed by atoms with Gasteiger partial charge in [0.1, 0.15) is 11.4 Å². The molecule has 0 spiro atoms. The Morgan fingerprint density at radius 1 is 0.789 bits per heavy atom. The smallest absolute Gasteiger partial charge is 0.246 e. The Labute approximate surface area is 227 Å². The number of hydrogen-bond donors (Lipinski definition) is 0. The van der Waals surface area contributed by atoms with Crippen molar-refractivity contribution in [2.24, 2.45) is 5.92 Å². The van der Waals surface area contributed by atoms with Crippen LogP contribution in [-0.4, -0.2) is 107 Å². The normalized spacial score (nSPS) is 23.3. The Morgan fingerprint density at radius 2 is 1.42 bits per heavy atom. The molecule has 0 aromatic carbocycles. The molecule has 3 saturated heterocycles. The highest BCUT2D eigenvalue weighted by Crippen LogP contribution is 2.29. The maximum Gasteiger partial charge on any atom is 0.246 e. The van der Waals surface area contributed by atoms with Crippen LogP contribution in [0.15, 0.2) is 4.90 Å². The van der Waals surface area contributed by atoms with Crippen LogP contribution in [0.5, 0.6) is 0 Å². The number of amides is 2. The van der Waals surface area contributed by atoms with E-state index in [1.54, 1.807) is 13.8 Å². The van der Waals surface area contributed by atoms with Gasteiger partial charge in [-0.1, -0.05) is 19.3 Å². The lowest BCUT2D eigenvalue weighted by Crippen LogP contribution is -2.54. The van der Waals surface area contributed by atoms with Gasteiger partial charge in [0.05, 0.1) is 11.4 Å². The highest BCUT2D eigenvalue weighted by atomic mass is 32.2. The topological polar surface area (TPSA) is 99.1 Å². The van der Waals surface area contributed by atoms with E-state index >= 15 is 0 Å². The van der Waals surface area contributed by atoms with E-state index in [2.05, 4.69) is 10.00 Å². The molecule has 11 heteroatoms. The summed E-state index contributed by atoms with van der Waals surface area (Å²) in [6.45, 7) is 9.12. The predicted molar refractivity (Wildman–Crippen MR) is 144 cm³/mol. The fourth-order valence-corrected chi connectivity index (χ4v) is 8.73. The van der Waals surface area contributed by atoms with Gasteiger partial charge in [0.15, 0.2) is 0 Å². The van der Waals surface area contributed by atoms with Gasteiger partial charge in [-0.2, -0.15) is 9.40 Å². The van der Waals surface area contributed by atoms with Crippen LogP contribution in [0.1, 0.15) is 69.2 Å². The van der Waals surface area contributed by atoms with Crippen molar-refractivity contribution in [3.8, 4) is 0 Å². The number of piperazine rings is 1. The monoisotopic (exact) mass is 548 g/mol. The number of likely N-dealkylation sites (tertiary alicyclic amines) is 1. The molecule has 1 aliphatic carbocycles. The summed E-state index contributed by atoms with van der Waals surface area (Å²) in [6.07, 6.45) is 9.67. The largest absolute Gasteiger partial charge is 0.341 e. The highest BCUT2D eigenvalue weighted by Gasteiger charge is 2.37. The zero-order valence-electron chi connectivity index (χ0n) is 23.1. The summed E-state index contributed by atoms with van der Waals surface area (Å²) >= 11 is 0. The van der Waals surface area contributed by atoms with Gasteiger partial charge in [-0.3, -0.25) is 19.2 Å². The molecule has 4 fully saturated rings. The van der Waals surface area contributed by atoms with Gasteiger partial charge in [0, 0.05) is 64.3 Å². The molecule has 0 N–H and O–H groups in total. The molecule has 0 atom stereocenters. The van der Waals surface area contributed by atoms with Gasteiger partial charge >= 0.3 is 0 Å². The minimum Gasteiger partial charge on any atom is -0.341 e. The van der Waals surface area contributed by atoms with Crippen LogP contribution in [0.4, 0.5) is 0 Å². The first-order valence-electron chi connectivity index (χ1n) is 14.6. The minimum absolute atomic E-state index is 0.0176. The first-order chi connectivity index (χ1) is 18.3. The van der Waals surface area contributed by atoms with Crippen molar-refractivity contribution < 1.29 is 18.0 Å². The molecule has 3 aliphatic heterocycles. The first-order valence-corrected chi connectivity index (χ1v) is 16.0. The van der Waals surface area contributed by atoms with Crippen LogP contribution >= 0.6 is 0 Å². The molecule has 10 nitrogen and oxygen atoms in total. The summed E-state index contributed by atoms with van der Waals surface area (Å²) in [6, 6.07) is 0.684. The number of sulfonamides is 1. The Morgan fingerprint density at radius 3 is 2.05 bits per heavy atom. The third kappa shape index (κ3) is 5.65. The van der Waals surface area contributed by atoms with Crippen LogP contribution in [0.3, 0.4) is 0 Å². The zero-order valence-corrected chi connectivity index (χ0v) is 23.9. The number of aromatic nitrogens is 2. The van der Waals surface area contributed by atoms with Crippen LogP contribution in [0.2, 0.25) is 0 Å². The average molecular weight is 549 g/mol. The van der Waals surface area contributed by atoms with Crippen molar-refractivity contribution >= 4 is 21.8 Å². The molecule has 0 unspecified atom stereocenters. The highest BCUT2D eigenvalue weighted by molar-refractivity contribution is 7.89. The number of piperidine rings is 1. The number of nitrogens with zero attached hydrogens (tertiary/aromatic N) is 6. The van der Waals surface area contributed by atoms with E-state index in [9.17, 15) is 18.0 Å². The summed E-state index contributed by atoms with van der Waals surface area (Å²) in [7, 11) is -3.76. The third-order valence-corrected chi connectivity index (χ3v) is 11.3. The second-order valence-corrected chi connectivity index (χ2v) is 13.5. The quantitative estimate of drug-likeness (QED) is 0.539. The van der Waals surface area contributed by atoms with E-state index in [1.807, 2.05) is 9.80 Å². The molecule has 38 heavy (non-hydrogen) atoms. The van der Waals surface area contributed by atoms with E-state index in [0.29, 0.717) is 43.4 Å². The van der Waals surface area contributed by atoms with E-state index in [4.69, 9.17) is 0 Å². The standard InChI is InChI=1S/C27H44N6O4S/c1-21-26(22(2)33(28-21)20-25(34)30-12-6-7-13-30)38(36,37)32-14-10-23(11-15-32)27(35)31-18-16-29(17-19-31)24-8-4-3-5-9-24/h23-24H,3-20H2,1-2H3. The third-order valence-electron chi connectivity index (χ3n) is 9.18. The molecule has 1 aromatic heterocycles. The summed E-state index contributed by atoms with van der Waals surface area (Å²) in [5, 5.41) is 4.43. The SMILES string of the molecule is Cc1nn(CC(=O)N2CCCC2)c(C)c1S(=O)(=O)N1CCC(C(=O)N2CCN(C3CCCCC3)CC2)CC1. The molecule has 1 saturated carbocycles. The molecule has 5 rings (SSSR count). The van der Waals surface area contributed by atoms with E-state index < -0.39 is 10.0 Å². The predicted octanol–water partition coefficient (Wildman–Crippen LogP) is 2.00. The molecule has 212 valence electrons. The second-order valence-electron chi connectivity index (χ2n) is 11.6. The number of aryl methyl sites for hydroxylation is 1. The van der Waals surface area contributed by atoms with Gasteiger partial charge < -0.3 is 9.80 Å². The fourth-order valence-electron chi connectivity index (χ4n) is 6.89. The van der Waals surface area contributed by atoms with Crippen LogP contribution < -0.4 is 0 Å². The fraction of sp³-hybridized carbons (Fsp3) is 0.815. The van der Waals surface area contributed by atoms with E-state index in [0.717, 1.165) is 52.1 Å². The lowest BCUT2D eigenvalue weighted by Gasteiger charge is -2.42. The summed E-state index contributed by atoms with van der Waals surface area (Å²) in [5.41, 5.74) is 0.926. The lowest BCUT2D eigenvalue weighted by molar-refractivity contribution is -0.139. The van der Waals surface area contributed by atoms with Gasteiger partial charge in [-0.05, 0) is 52.4 Å². The first kappa shape index (κ1) is 27.6. The molecular weight excluding hydrogens is 504 g/mol. The molecule has 4 heterocycles. The van der Waals surface area contributed by atoms with Crippen molar-refractivity contribution in [3.63, 3.8) is 0 Å². The van der Waals surface area contributed by atoms with Crippen molar-refractivity contribution in [1.29, 1.82) is 0 Å². The van der Waals surface area contributed by atoms with Crippen molar-refractivity contribution in [1.82, 2.24) is 28.8 Å². The van der Waals surface area contributed by atoms with Gasteiger partial charge in [0.25, 0.3) is 0 Å². The number of hydrogen-bond acceptors (Lipinski definition) is 6. The molecular formula is C27H44N6O4S. The van der Waals surface area contributed by atoms with Crippen LogP contribution in [0, 0.1) is 19.8 Å². The Balaban J connectivity index is 1.16. The van der Waals surface area contributed by atoms with Gasteiger partial charge in [0.2, 0.25) is 21.8 Å². The Bertz CT molecular complexity index is 1110. The summed E-state index contributed by atoms with van der Waals surface area (Å²) in [4.78, 5) is 32.5. The molecule has 0 radical (unpaired) electrons. The minimum atomic E-state index is -3.76. The average Bonchev–Trinajstić information content (AvgIpc) is 3.57. The summed E-state index contributed by atoms with van der Waals surface area (Å²) < 4.78 is 30.3. The van der Waals surface area contributed by atoms with Crippen molar-refractivity contribution in [3.05, 3.63) is 11.4 Å². The molecule has 0 bridgehead atoms. The lowest BCUT2D eigenvalue weighted by atomic mass is 9.93. The number of rotatable bonds is 6. The van der Waals surface area contributed by atoms with Gasteiger partial charge in [-0.25, -0.2) is 8.42 Å². The van der Waals surface area contributed by atoms with Crippen LogP contribution in [0.25, 0.3) is 0 Å². The maximum atomic E-state index is 13.6. The molecule has 1 aromatic rings. The summed E-state index contributed by atoms with van der Waals surface area (Å²) in [5.74, 6) is 0.0487. The van der Waals surface area contributed by atoms with E-state index in [1.165, 1.54) is 41.1 Å². The molecule has 4 aliphatic rings. The van der Waals surface area contributed by atoms with E-state index in [-0.39, 0.29) is 29.2 Å². The van der Waals surface area contributed by atoms with Crippen molar-refractivity contribution in [2.75, 3.05) is 52.4 Å². The number of carbonyl (C=O) groups is 2. The van der Waals surface area contributed by atoms with Crippen molar-refractivity contribution in [2.45, 2.75) is 89.1 Å². The number of carbonyl (C=O) groups excluding carboxylic acids is 2. The zero-order chi connectivity index (χ0) is 26.9. The van der Waals surface area contributed by atoms with Crippen LogP contribution in [-0.2, 0) is 26.2 Å². The maximum absolute atomic E-state index is 13.6. The Kier molecular flexibility index (Phi) is 8.45. The Hall–Kier alpha value is -1.98.